The summed E-state index contributed by atoms with van der Waals surface area (Å²) in [4.78, 5) is 8.82. The number of imidazole rings is 1. The largest absolute Gasteiger partial charge is 0.488 e. The highest BCUT2D eigenvalue weighted by Crippen LogP contribution is 2.33. The van der Waals surface area contributed by atoms with Crippen LogP contribution in [-0.2, 0) is 17.6 Å². The highest BCUT2D eigenvalue weighted by atomic mass is 19.1. The lowest BCUT2D eigenvalue weighted by Crippen LogP contribution is -2.42. The average Bonchev–Trinajstić information content (AvgIpc) is 3.18. The maximum Gasteiger partial charge on any atom is 0.204 e. The second kappa shape index (κ2) is 8.47. The molecule has 1 aliphatic heterocycles. The fourth-order valence-corrected chi connectivity index (χ4v) is 3.97. The van der Waals surface area contributed by atoms with Crippen molar-refractivity contribution in [1.29, 1.82) is 0 Å². The summed E-state index contributed by atoms with van der Waals surface area (Å²) in [5, 5.41) is 16.2. The van der Waals surface area contributed by atoms with E-state index in [0.717, 1.165) is 29.8 Å². The molecule has 7 nitrogen and oxygen atoms in total. The number of hydrogen-bond donors (Lipinski definition) is 3. The van der Waals surface area contributed by atoms with Gasteiger partial charge in [0.1, 0.15) is 12.4 Å². The third-order valence-corrected chi connectivity index (χ3v) is 5.62. The van der Waals surface area contributed by atoms with Gasteiger partial charge in [0.25, 0.3) is 0 Å². The van der Waals surface area contributed by atoms with Gasteiger partial charge in [0.15, 0.2) is 11.6 Å². The summed E-state index contributed by atoms with van der Waals surface area (Å²) >= 11 is 0. The van der Waals surface area contributed by atoms with Crippen LogP contribution >= 0.6 is 0 Å². The van der Waals surface area contributed by atoms with E-state index < -0.39 is 6.35 Å². The second-order valence-corrected chi connectivity index (χ2v) is 7.84. The van der Waals surface area contributed by atoms with Gasteiger partial charge in [-0.25, -0.2) is 9.37 Å². The normalized spacial score (nSPS) is 17.1. The van der Waals surface area contributed by atoms with Crippen LogP contribution in [0.3, 0.4) is 0 Å². The molecule has 0 fully saturated rings. The molecule has 1 aromatic heterocycles. The van der Waals surface area contributed by atoms with E-state index in [-0.39, 0.29) is 5.82 Å². The summed E-state index contributed by atoms with van der Waals surface area (Å²) in [5.74, 6) is 0.719. The predicted octanol–water partition coefficient (Wildman–Crippen LogP) is 3.17. The summed E-state index contributed by atoms with van der Waals surface area (Å²) < 4.78 is 21.0. The van der Waals surface area contributed by atoms with E-state index in [2.05, 4.69) is 37.3 Å². The molecule has 164 valence electrons. The van der Waals surface area contributed by atoms with Gasteiger partial charge < -0.3 is 25.0 Å². The van der Waals surface area contributed by atoms with Crippen LogP contribution in [0.2, 0.25) is 0 Å². The van der Waals surface area contributed by atoms with E-state index in [4.69, 9.17) is 4.74 Å². The summed E-state index contributed by atoms with van der Waals surface area (Å²) in [7, 11) is 0. The van der Waals surface area contributed by atoms with E-state index in [1.165, 1.54) is 23.3 Å². The number of ether oxygens (including phenoxy) is 1. The molecule has 3 N–H and O–H groups in total. The van der Waals surface area contributed by atoms with Crippen molar-refractivity contribution in [3.05, 3.63) is 82.9 Å². The van der Waals surface area contributed by atoms with Crippen LogP contribution < -0.4 is 10.6 Å². The molecular formula is C24H24FN5O2. The Kier molecular flexibility index (Phi) is 5.36. The van der Waals surface area contributed by atoms with Crippen LogP contribution in [-0.4, -0.2) is 40.0 Å². The number of aryl methyl sites for hydroxylation is 1. The number of aromatic nitrogens is 2. The van der Waals surface area contributed by atoms with Gasteiger partial charge in [-0.3, -0.25) is 4.99 Å². The molecule has 0 bridgehead atoms. The fraction of sp³-hybridized carbons (Fsp3) is 0.250. The molecule has 0 saturated heterocycles. The first-order valence-corrected chi connectivity index (χ1v) is 10.6. The summed E-state index contributed by atoms with van der Waals surface area (Å²) in [6.45, 7) is 2.96. The number of nitrogens with zero attached hydrogens (tertiary/aromatic N) is 3. The quantitative estimate of drug-likeness (QED) is 0.539. The number of aliphatic hydroxyl groups excluding tert-OH is 1. The first kappa shape index (κ1) is 20.3. The lowest BCUT2D eigenvalue weighted by atomic mass is 9.83. The Balaban J connectivity index is 1.36. The molecule has 8 heteroatoms. The minimum atomic E-state index is -1.11. The Morgan fingerprint density at radius 3 is 2.66 bits per heavy atom. The number of anilines is 1. The molecule has 2 heterocycles. The number of halogens is 1. The highest BCUT2D eigenvalue weighted by Gasteiger charge is 2.23. The summed E-state index contributed by atoms with van der Waals surface area (Å²) in [5.41, 5.74) is 6.42. The molecule has 2 aliphatic rings. The second-order valence-electron chi connectivity index (χ2n) is 7.84. The van der Waals surface area contributed by atoms with Crippen LogP contribution in [0.25, 0.3) is 11.8 Å². The average molecular weight is 433 g/mol. The Hall–Kier alpha value is -3.65. The van der Waals surface area contributed by atoms with Crippen LogP contribution in [0.4, 0.5) is 10.1 Å². The number of nitrogens with one attached hydrogen (secondary N) is 2. The minimum absolute atomic E-state index is 0.334. The predicted molar refractivity (Wildman–Crippen MR) is 121 cm³/mol. The van der Waals surface area contributed by atoms with E-state index in [0.29, 0.717) is 30.4 Å². The molecule has 1 unspecified atom stereocenters. The van der Waals surface area contributed by atoms with Gasteiger partial charge in [0.05, 0.1) is 18.6 Å². The number of rotatable bonds is 5. The third-order valence-electron chi connectivity index (χ3n) is 5.62. The smallest absolute Gasteiger partial charge is 0.204 e. The van der Waals surface area contributed by atoms with Crippen molar-refractivity contribution in [2.45, 2.75) is 26.1 Å². The molecule has 0 radical (unpaired) electrons. The minimum Gasteiger partial charge on any atom is -0.488 e. The van der Waals surface area contributed by atoms with Crippen molar-refractivity contribution in [1.82, 2.24) is 14.9 Å². The van der Waals surface area contributed by atoms with Crippen molar-refractivity contribution in [2.75, 3.05) is 18.5 Å². The molecule has 3 aromatic rings. The topological polar surface area (TPSA) is 83.7 Å². The van der Waals surface area contributed by atoms with Crippen molar-refractivity contribution in [2.24, 2.45) is 4.99 Å². The Bertz CT molecular complexity index is 1200. The third kappa shape index (κ3) is 4.09. The van der Waals surface area contributed by atoms with Crippen LogP contribution in [0.1, 0.15) is 22.4 Å². The summed E-state index contributed by atoms with van der Waals surface area (Å²) in [6, 6.07) is 9.95. The van der Waals surface area contributed by atoms with Crippen LogP contribution in [0, 0.1) is 12.7 Å². The van der Waals surface area contributed by atoms with E-state index >= 15 is 0 Å². The standard InChI is InChI=1S/C24H24FN5O2/c1-15-13-30(14-27-15)21-9-2-16(19-7-8-20(19)21)12-22-23(26-10-11-32-22)29-24(31)28-18-5-3-17(25)4-6-18/h2-6,9,12-14,24,28,31H,7-8,10-11H2,1H3,(H,26,29)/b22-12-. The van der Waals surface area contributed by atoms with E-state index in [9.17, 15) is 9.50 Å². The summed E-state index contributed by atoms with van der Waals surface area (Å²) in [6.07, 6.45) is 6.76. The van der Waals surface area contributed by atoms with Crippen molar-refractivity contribution >= 4 is 17.6 Å². The van der Waals surface area contributed by atoms with Gasteiger partial charge >= 0.3 is 0 Å². The number of aliphatic hydroxyl groups is 1. The Morgan fingerprint density at radius 1 is 1.12 bits per heavy atom. The maximum atomic E-state index is 13.1. The van der Waals surface area contributed by atoms with Gasteiger partial charge in [-0.05, 0) is 72.9 Å². The van der Waals surface area contributed by atoms with Crippen LogP contribution in [0.5, 0.6) is 0 Å². The monoisotopic (exact) mass is 433 g/mol. The molecule has 32 heavy (non-hydrogen) atoms. The lowest BCUT2D eigenvalue weighted by molar-refractivity contribution is 0.180. The van der Waals surface area contributed by atoms with Gasteiger partial charge in [-0.15, -0.1) is 0 Å². The zero-order valence-electron chi connectivity index (χ0n) is 17.7. The lowest BCUT2D eigenvalue weighted by Gasteiger charge is -2.26. The number of aliphatic imine (C=N–C) groups is 1. The molecule has 0 amide bonds. The highest BCUT2D eigenvalue weighted by molar-refractivity contribution is 6.01. The molecule has 5 rings (SSSR count). The van der Waals surface area contributed by atoms with E-state index in [1.807, 2.05) is 25.5 Å². The number of benzene rings is 2. The SMILES string of the molecule is Cc1cn(-c2ccc(/C=C3\OCCN=C3NC(O)Nc3ccc(F)cc3)c3c2CC3)cn1. The van der Waals surface area contributed by atoms with Crippen molar-refractivity contribution in [3.8, 4) is 5.69 Å². The number of fused-ring (bicyclic) bond motifs is 1. The Labute approximate surface area is 185 Å². The first-order valence-electron chi connectivity index (χ1n) is 10.6. The number of hydrogen-bond acceptors (Lipinski definition) is 6. The fourth-order valence-electron chi connectivity index (χ4n) is 3.97. The van der Waals surface area contributed by atoms with Crippen molar-refractivity contribution < 1.29 is 14.2 Å². The molecule has 2 aromatic carbocycles. The molecule has 0 saturated carbocycles. The van der Waals surface area contributed by atoms with Crippen molar-refractivity contribution in [3.63, 3.8) is 0 Å². The zero-order chi connectivity index (χ0) is 22.1. The number of amidine groups is 1. The van der Waals surface area contributed by atoms with Gasteiger partial charge in [-0.1, -0.05) is 6.07 Å². The molecule has 0 spiro atoms. The molecular weight excluding hydrogens is 409 g/mol. The van der Waals surface area contributed by atoms with Crippen LogP contribution in [0.15, 0.2) is 59.7 Å². The van der Waals surface area contributed by atoms with Gasteiger partial charge in [-0.2, -0.15) is 0 Å². The Morgan fingerprint density at radius 2 is 1.94 bits per heavy atom. The van der Waals surface area contributed by atoms with E-state index in [1.54, 1.807) is 12.1 Å². The molecule has 1 atom stereocenters. The van der Waals surface area contributed by atoms with Gasteiger partial charge in [0.2, 0.25) is 6.35 Å². The molecule has 1 aliphatic carbocycles. The first-order chi connectivity index (χ1) is 15.6. The maximum absolute atomic E-state index is 13.1. The van der Waals surface area contributed by atoms with Gasteiger partial charge in [0, 0.05) is 17.6 Å². The zero-order valence-corrected chi connectivity index (χ0v) is 17.7.